The van der Waals surface area contributed by atoms with Crippen LogP contribution in [0.4, 0.5) is 0 Å². The van der Waals surface area contributed by atoms with Gasteiger partial charge in [-0.25, -0.2) is 0 Å². The molecule has 0 saturated carbocycles. The zero-order chi connectivity index (χ0) is 20.3. The van der Waals surface area contributed by atoms with Gasteiger partial charge in [0.15, 0.2) is 0 Å². The largest absolute Gasteiger partial charge is 0.496 e. The van der Waals surface area contributed by atoms with Crippen molar-refractivity contribution in [2.24, 2.45) is 0 Å². The van der Waals surface area contributed by atoms with Gasteiger partial charge in [0.1, 0.15) is 5.75 Å². The first-order valence-corrected chi connectivity index (χ1v) is 9.19. The Morgan fingerprint density at radius 2 is 1.93 bits per heavy atom. The number of hydrogen-bond acceptors (Lipinski definition) is 5. The molecular formula is C22H24N2O4. The molecule has 0 amide bonds. The third-order valence-electron chi connectivity index (χ3n) is 4.71. The Balaban J connectivity index is 2.08. The molecule has 6 nitrogen and oxygen atoms in total. The topological polar surface area (TPSA) is 85.5 Å². The van der Waals surface area contributed by atoms with E-state index >= 15 is 0 Å². The van der Waals surface area contributed by atoms with Gasteiger partial charge in [0.2, 0.25) is 11.8 Å². The Hall–Kier alpha value is -3.15. The van der Waals surface area contributed by atoms with Gasteiger partial charge in [-0.05, 0) is 34.7 Å². The molecule has 3 aromatic rings. The van der Waals surface area contributed by atoms with Crippen molar-refractivity contribution in [2.75, 3.05) is 7.11 Å². The number of aromatic nitrogens is 2. The van der Waals surface area contributed by atoms with E-state index in [4.69, 9.17) is 9.15 Å². The number of aryl methyl sites for hydroxylation is 1. The molecule has 0 aliphatic heterocycles. The molecule has 0 fully saturated rings. The molecule has 0 radical (unpaired) electrons. The zero-order valence-electron chi connectivity index (χ0n) is 16.5. The minimum atomic E-state index is -0.925. The molecule has 0 aliphatic carbocycles. The van der Waals surface area contributed by atoms with Crippen LogP contribution in [0.2, 0.25) is 0 Å². The van der Waals surface area contributed by atoms with Gasteiger partial charge >= 0.3 is 5.97 Å². The van der Waals surface area contributed by atoms with Crippen LogP contribution in [0.25, 0.3) is 11.1 Å². The molecule has 0 saturated heterocycles. The number of carbonyl (C=O) groups is 1. The maximum absolute atomic E-state index is 11.4. The first kappa shape index (κ1) is 19.6. The van der Waals surface area contributed by atoms with E-state index in [-0.39, 0.29) is 6.42 Å². The molecule has 0 aliphatic rings. The number of nitrogens with zero attached hydrogens (tertiary/aromatic N) is 2. The first-order valence-electron chi connectivity index (χ1n) is 9.19. The van der Waals surface area contributed by atoms with Gasteiger partial charge in [0, 0.05) is 12.5 Å². The minimum Gasteiger partial charge on any atom is -0.496 e. The van der Waals surface area contributed by atoms with Crippen molar-refractivity contribution in [1.82, 2.24) is 10.2 Å². The number of aliphatic carboxylic acids is 1. The van der Waals surface area contributed by atoms with Gasteiger partial charge in [0.25, 0.3) is 0 Å². The summed E-state index contributed by atoms with van der Waals surface area (Å²) in [6, 6.07) is 13.9. The van der Waals surface area contributed by atoms with Crippen molar-refractivity contribution in [3.8, 4) is 16.9 Å². The fourth-order valence-corrected chi connectivity index (χ4v) is 3.21. The van der Waals surface area contributed by atoms with E-state index in [2.05, 4.69) is 36.2 Å². The van der Waals surface area contributed by atoms with Crippen LogP contribution in [0.5, 0.6) is 5.75 Å². The summed E-state index contributed by atoms with van der Waals surface area (Å²) in [5.41, 5.74) is 3.92. The Labute approximate surface area is 164 Å². The van der Waals surface area contributed by atoms with Crippen molar-refractivity contribution < 1.29 is 19.1 Å². The van der Waals surface area contributed by atoms with Crippen LogP contribution in [0.3, 0.4) is 0 Å². The minimum absolute atomic E-state index is 0.131. The lowest BCUT2D eigenvalue weighted by Crippen LogP contribution is -2.08. The summed E-state index contributed by atoms with van der Waals surface area (Å²) in [6.45, 7) is 5.97. The van der Waals surface area contributed by atoms with E-state index in [1.165, 1.54) is 5.56 Å². The van der Waals surface area contributed by atoms with Gasteiger partial charge in [-0.15, -0.1) is 10.2 Å². The summed E-state index contributed by atoms with van der Waals surface area (Å²) >= 11 is 0. The van der Waals surface area contributed by atoms with Crippen molar-refractivity contribution in [2.45, 2.75) is 39.0 Å². The van der Waals surface area contributed by atoms with Crippen molar-refractivity contribution >= 4 is 5.97 Å². The van der Waals surface area contributed by atoms with E-state index in [0.717, 1.165) is 22.4 Å². The number of carboxylic acids is 1. The van der Waals surface area contributed by atoms with Crippen LogP contribution in [0, 0.1) is 6.92 Å². The van der Waals surface area contributed by atoms with E-state index in [1.54, 1.807) is 14.0 Å². The predicted octanol–water partition coefficient (Wildman–Crippen LogP) is 4.78. The normalized spacial score (nSPS) is 12.2. The summed E-state index contributed by atoms with van der Waals surface area (Å²) in [6.07, 6.45) is -0.131. The Morgan fingerprint density at radius 3 is 2.54 bits per heavy atom. The molecule has 0 bridgehead atoms. The molecule has 146 valence electrons. The quantitative estimate of drug-likeness (QED) is 0.635. The van der Waals surface area contributed by atoms with Gasteiger partial charge in [-0.3, -0.25) is 4.79 Å². The van der Waals surface area contributed by atoms with Crippen LogP contribution in [-0.2, 0) is 4.79 Å². The average molecular weight is 380 g/mol. The number of hydrogen-bond donors (Lipinski definition) is 1. The van der Waals surface area contributed by atoms with E-state index in [0.29, 0.717) is 17.7 Å². The Morgan fingerprint density at radius 1 is 1.14 bits per heavy atom. The number of rotatable bonds is 7. The van der Waals surface area contributed by atoms with Gasteiger partial charge in [-0.1, -0.05) is 44.2 Å². The SMILES string of the molecule is COc1ccc(C(C)C)cc1-c1cccc(C(CC(=O)O)c2nnc(C)o2)c1. The summed E-state index contributed by atoms with van der Waals surface area (Å²) in [7, 11) is 1.65. The average Bonchev–Trinajstić information content (AvgIpc) is 3.11. The van der Waals surface area contributed by atoms with E-state index < -0.39 is 11.9 Å². The first-order chi connectivity index (χ1) is 13.4. The summed E-state index contributed by atoms with van der Waals surface area (Å²) in [5, 5.41) is 17.3. The van der Waals surface area contributed by atoms with Crippen LogP contribution < -0.4 is 4.74 Å². The second kappa shape index (κ2) is 8.25. The molecule has 6 heteroatoms. The highest BCUT2D eigenvalue weighted by atomic mass is 16.5. The van der Waals surface area contributed by atoms with Crippen LogP contribution in [0.15, 0.2) is 46.9 Å². The second-order valence-corrected chi connectivity index (χ2v) is 7.05. The number of carboxylic acid groups (broad SMARTS) is 1. The van der Waals surface area contributed by atoms with Crippen LogP contribution in [0.1, 0.15) is 55.0 Å². The summed E-state index contributed by atoms with van der Waals surface area (Å²) in [5.74, 6) is 0.426. The van der Waals surface area contributed by atoms with Crippen LogP contribution >= 0.6 is 0 Å². The Kier molecular flexibility index (Phi) is 5.78. The summed E-state index contributed by atoms with van der Waals surface area (Å²) < 4.78 is 11.1. The molecular weight excluding hydrogens is 356 g/mol. The molecule has 3 rings (SSSR count). The second-order valence-electron chi connectivity index (χ2n) is 7.05. The highest BCUT2D eigenvalue weighted by Gasteiger charge is 2.24. The summed E-state index contributed by atoms with van der Waals surface area (Å²) in [4.78, 5) is 11.4. The third-order valence-corrected chi connectivity index (χ3v) is 4.71. The lowest BCUT2D eigenvalue weighted by Gasteiger charge is -2.16. The highest BCUT2D eigenvalue weighted by molar-refractivity contribution is 5.73. The third kappa shape index (κ3) is 4.22. The van der Waals surface area contributed by atoms with E-state index in [9.17, 15) is 9.90 Å². The standard InChI is InChI=1S/C22H24N2O4/c1-13(2)15-8-9-20(27-4)18(11-15)16-6-5-7-17(10-16)19(12-21(25)26)22-24-23-14(3)28-22/h5-11,13,19H,12H2,1-4H3,(H,25,26). The maximum atomic E-state index is 11.4. The molecule has 1 heterocycles. The zero-order valence-corrected chi connectivity index (χ0v) is 16.5. The maximum Gasteiger partial charge on any atom is 0.304 e. The fourth-order valence-electron chi connectivity index (χ4n) is 3.21. The number of ether oxygens (including phenoxy) is 1. The molecule has 1 atom stereocenters. The van der Waals surface area contributed by atoms with Gasteiger partial charge in [0.05, 0.1) is 19.4 Å². The van der Waals surface area contributed by atoms with Gasteiger partial charge in [-0.2, -0.15) is 0 Å². The lowest BCUT2D eigenvalue weighted by molar-refractivity contribution is -0.137. The lowest BCUT2D eigenvalue weighted by atomic mass is 9.91. The Bertz CT molecular complexity index is 978. The highest BCUT2D eigenvalue weighted by Crippen LogP contribution is 2.36. The number of methoxy groups -OCH3 is 1. The molecule has 2 aromatic carbocycles. The molecule has 1 aromatic heterocycles. The van der Waals surface area contributed by atoms with Crippen molar-refractivity contribution in [3.63, 3.8) is 0 Å². The fraction of sp³-hybridized carbons (Fsp3) is 0.318. The van der Waals surface area contributed by atoms with Crippen molar-refractivity contribution in [1.29, 1.82) is 0 Å². The molecule has 1 N–H and O–H groups in total. The van der Waals surface area contributed by atoms with Crippen molar-refractivity contribution in [3.05, 3.63) is 65.4 Å². The van der Waals surface area contributed by atoms with Gasteiger partial charge < -0.3 is 14.3 Å². The van der Waals surface area contributed by atoms with E-state index in [1.807, 2.05) is 30.3 Å². The molecule has 0 spiro atoms. The monoisotopic (exact) mass is 380 g/mol. The predicted molar refractivity (Wildman–Crippen MR) is 106 cm³/mol. The molecule has 28 heavy (non-hydrogen) atoms. The number of benzene rings is 2. The molecule has 1 unspecified atom stereocenters. The van der Waals surface area contributed by atoms with Crippen LogP contribution in [-0.4, -0.2) is 28.4 Å². The smallest absolute Gasteiger partial charge is 0.304 e.